The minimum atomic E-state index is -0.111. The molecule has 0 saturated carbocycles. The van der Waals surface area contributed by atoms with E-state index in [-0.39, 0.29) is 5.78 Å². The highest BCUT2D eigenvalue weighted by atomic mass is 32.2. The second-order valence-electron chi connectivity index (χ2n) is 6.13. The molecule has 3 heterocycles. The summed E-state index contributed by atoms with van der Waals surface area (Å²) in [7, 11) is 0. The fourth-order valence-corrected chi connectivity index (χ4v) is 3.39. The molecule has 0 unspecified atom stereocenters. The Morgan fingerprint density at radius 1 is 1.10 bits per heavy atom. The number of hydrogen-bond acceptors (Lipinski definition) is 7. The van der Waals surface area contributed by atoms with Gasteiger partial charge in [-0.3, -0.25) is 4.79 Å². The molecule has 0 spiro atoms. The second-order valence-corrected chi connectivity index (χ2v) is 7.21. The van der Waals surface area contributed by atoms with E-state index in [1.54, 1.807) is 48.6 Å². The van der Waals surface area contributed by atoms with Crippen molar-refractivity contribution in [3.8, 4) is 5.75 Å². The number of imidazole rings is 1. The predicted octanol–water partition coefficient (Wildman–Crippen LogP) is 4.41. The number of H-pyrrole nitrogens is 1. The molecular formula is C22H18N4O3S. The van der Waals surface area contributed by atoms with Crippen molar-refractivity contribution < 1.29 is 13.9 Å². The molecule has 0 radical (unpaired) electrons. The standard InChI is InChI=1S/C22H18N4O3S/c27-17(7-10-18-2-1-11-28-18)6-3-16-4-8-19(9-5-16)29-12-13-30-22-20-21(24-14-23-20)25-15-26-22/h1-11,14-15H,12-13H2,(H,23,24,25,26)/b6-3+,10-7+. The number of carbonyl (C=O) groups is 1. The topological polar surface area (TPSA) is 93.9 Å². The van der Waals surface area contributed by atoms with Crippen LogP contribution in [0.25, 0.3) is 23.3 Å². The van der Waals surface area contributed by atoms with E-state index in [0.29, 0.717) is 18.0 Å². The van der Waals surface area contributed by atoms with Gasteiger partial charge in [0.25, 0.3) is 0 Å². The average molecular weight is 418 g/mol. The van der Waals surface area contributed by atoms with E-state index in [9.17, 15) is 4.79 Å². The molecule has 1 N–H and O–H groups in total. The number of benzene rings is 1. The number of carbonyl (C=O) groups excluding carboxylic acids is 1. The van der Waals surface area contributed by atoms with Gasteiger partial charge >= 0.3 is 0 Å². The Kier molecular flexibility index (Phi) is 6.36. The number of rotatable bonds is 9. The third kappa shape index (κ3) is 5.24. The first kappa shape index (κ1) is 19.7. The Morgan fingerprint density at radius 2 is 1.97 bits per heavy atom. The molecule has 1 aromatic carbocycles. The van der Waals surface area contributed by atoms with Crippen molar-refractivity contribution >= 4 is 40.9 Å². The number of furan rings is 1. The SMILES string of the molecule is O=C(/C=C/c1ccc(OCCSc2ncnc3nc[nH]c23)cc1)/C=C/c1ccco1. The number of nitrogens with zero attached hydrogens (tertiary/aromatic N) is 3. The molecule has 0 saturated heterocycles. The van der Waals surface area contributed by atoms with Crippen LogP contribution in [-0.4, -0.2) is 38.1 Å². The summed E-state index contributed by atoms with van der Waals surface area (Å²) in [5, 5.41) is 0.854. The fraction of sp³-hybridized carbons (Fsp3) is 0.0909. The molecule has 0 aliphatic heterocycles. The molecule has 4 aromatic rings. The van der Waals surface area contributed by atoms with Crippen LogP contribution in [0.5, 0.6) is 5.75 Å². The summed E-state index contributed by atoms with van der Waals surface area (Å²) in [5.74, 6) is 2.04. The van der Waals surface area contributed by atoms with Crippen molar-refractivity contribution in [1.82, 2.24) is 19.9 Å². The van der Waals surface area contributed by atoms with E-state index in [4.69, 9.17) is 9.15 Å². The van der Waals surface area contributed by atoms with Crippen LogP contribution in [0.1, 0.15) is 11.3 Å². The van der Waals surface area contributed by atoms with E-state index >= 15 is 0 Å². The van der Waals surface area contributed by atoms with Crippen LogP contribution in [-0.2, 0) is 4.79 Å². The number of thioether (sulfide) groups is 1. The van der Waals surface area contributed by atoms with Crippen LogP contribution in [0.4, 0.5) is 0 Å². The molecule has 0 amide bonds. The van der Waals surface area contributed by atoms with Crippen molar-refractivity contribution in [3.63, 3.8) is 0 Å². The lowest BCUT2D eigenvalue weighted by atomic mass is 10.2. The summed E-state index contributed by atoms with van der Waals surface area (Å²) in [6.45, 7) is 0.537. The monoisotopic (exact) mass is 418 g/mol. The Balaban J connectivity index is 1.23. The molecule has 0 atom stereocenters. The maximum absolute atomic E-state index is 11.9. The highest BCUT2D eigenvalue weighted by Crippen LogP contribution is 2.22. The lowest BCUT2D eigenvalue weighted by molar-refractivity contribution is -0.110. The van der Waals surface area contributed by atoms with Gasteiger partial charge in [-0.1, -0.05) is 18.2 Å². The van der Waals surface area contributed by atoms with Crippen LogP contribution in [0.2, 0.25) is 0 Å². The van der Waals surface area contributed by atoms with Gasteiger partial charge in [0.05, 0.1) is 19.2 Å². The van der Waals surface area contributed by atoms with Crippen LogP contribution >= 0.6 is 11.8 Å². The molecule has 0 aliphatic carbocycles. The minimum Gasteiger partial charge on any atom is -0.493 e. The number of ketones is 1. The summed E-state index contributed by atoms with van der Waals surface area (Å²) in [6, 6.07) is 11.1. The first-order valence-corrected chi connectivity index (χ1v) is 10.2. The number of nitrogens with one attached hydrogen (secondary N) is 1. The van der Waals surface area contributed by atoms with Crippen molar-refractivity contribution in [2.24, 2.45) is 0 Å². The Morgan fingerprint density at radius 3 is 2.80 bits per heavy atom. The first-order valence-electron chi connectivity index (χ1n) is 9.21. The normalized spacial score (nSPS) is 11.6. The van der Waals surface area contributed by atoms with Gasteiger partial charge < -0.3 is 14.1 Å². The van der Waals surface area contributed by atoms with E-state index in [2.05, 4.69) is 19.9 Å². The quantitative estimate of drug-likeness (QED) is 0.186. The van der Waals surface area contributed by atoms with Gasteiger partial charge in [-0.2, -0.15) is 0 Å². The molecule has 7 nitrogen and oxygen atoms in total. The molecule has 3 aromatic heterocycles. The lowest BCUT2D eigenvalue weighted by Crippen LogP contribution is -2.00. The molecule has 30 heavy (non-hydrogen) atoms. The second kappa shape index (κ2) is 9.71. The maximum Gasteiger partial charge on any atom is 0.181 e. The third-order valence-electron chi connectivity index (χ3n) is 4.05. The van der Waals surface area contributed by atoms with Crippen LogP contribution < -0.4 is 4.74 Å². The number of aromatic amines is 1. The largest absolute Gasteiger partial charge is 0.493 e. The summed E-state index contributed by atoms with van der Waals surface area (Å²) < 4.78 is 10.9. The highest BCUT2D eigenvalue weighted by Gasteiger charge is 2.06. The van der Waals surface area contributed by atoms with Gasteiger partial charge in [0.15, 0.2) is 11.4 Å². The molecule has 4 rings (SSSR count). The Labute approximate surface area is 176 Å². The number of aromatic nitrogens is 4. The predicted molar refractivity (Wildman–Crippen MR) is 116 cm³/mol. The third-order valence-corrected chi connectivity index (χ3v) is 5.01. The number of fused-ring (bicyclic) bond motifs is 1. The molecule has 8 heteroatoms. The summed E-state index contributed by atoms with van der Waals surface area (Å²) >= 11 is 1.58. The highest BCUT2D eigenvalue weighted by molar-refractivity contribution is 7.99. The van der Waals surface area contributed by atoms with Gasteiger partial charge in [-0.25, -0.2) is 15.0 Å². The van der Waals surface area contributed by atoms with Gasteiger partial charge in [-0.15, -0.1) is 11.8 Å². The van der Waals surface area contributed by atoms with Crippen molar-refractivity contribution in [1.29, 1.82) is 0 Å². The summed E-state index contributed by atoms with van der Waals surface area (Å²) in [6.07, 6.45) is 11.1. The maximum atomic E-state index is 11.9. The lowest BCUT2D eigenvalue weighted by Gasteiger charge is -2.06. The van der Waals surface area contributed by atoms with E-state index in [1.807, 2.05) is 24.3 Å². The molecule has 0 bridgehead atoms. The number of allylic oxidation sites excluding steroid dienone is 2. The zero-order valence-electron chi connectivity index (χ0n) is 15.9. The first-order chi connectivity index (χ1) is 14.8. The smallest absolute Gasteiger partial charge is 0.181 e. The molecular weight excluding hydrogens is 400 g/mol. The van der Waals surface area contributed by atoms with Crippen LogP contribution in [0, 0.1) is 0 Å². The van der Waals surface area contributed by atoms with Crippen molar-refractivity contribution in [3.05, 3.63) is 78.8 Å². The fourth-order valence-electron chi connectivity index (χ4n) is 2.61. The minimum absolute atomic E-state index is 0.111. The Hall–Kier alpha value is -3.65. The van der Waals surface area contributed by atoms with E-state index < -0.39 is 0 Å². The van der Waals surface area contributed by atoms with Gasteiger partial charge in [0.2, 0.25) is 0 Å². The molecule has 0 fully saturated rings. The van der Waals surface area contributed by atoms with Crippen LogP contribution in [0.3, 0.4) is 0 Å². The zero-order valence-corrected chi connectivity index (χ0v) is 16.7. The molecule has 150 valence electrons. The molecule has 0 aliphatic rings. The van der Waals surface area contributed by atoms with Gasteiger partial charge in [-0.05, 0) is 48.1 Å². The van der Waals surface area contributed by atoms with Crippen molar-refractivity contribution in [2.75, 3.05) is 12.4 Å². The van der Waals surface area contributed by atoms with E-state index in [1.165, 1.54) is 18.5 Å². The van der Waals surface area contributed by atoms with Gasteiger partial charge in [0, 0.05) is 5.75 Å². The van der Waals surface area contributed by atoms with E-state index in [0.717, 1.165) is 27.6 Å². The number of hydrogen-bond donors (Lipinski definition) is 1. The van der Waals surface area contributed by atoms with Crippen molar-refractivity contribution in [2.45, 2.75) is 5.03 Å². The Bertz CT molecular complexity index is 1160. The van der Waals surface area contributed by atoms with Crippen LogP contribution in [0.15, 0.2) is 76.9 Å². The zero-order chi connectivity index (χ0) is 20.6. The average Bonchev–Trinajstić information content (AvgIpc) is 3.47. The van der Waals surface area contributed by atoms with Gasteiger partial charge in [0.1, 0.15) is 28.4 Å². The number of ether oxygens (including phenoxy) is 1. The summed E-state index contributed by atoms with van der Waals surface area (Å²) in [4.78, 5) is 27.4. The summed E-state index contributed by atoms with van der Waals surface area (Å²) in [5.41, 5.74) is 2.42.